The minimum atomic E-state index is -1.04. The molecule has 4 rings (SSSR count). The normalized spacial score (nSPS) is 20.7. The van der Waals surface area contributed by atoms with Crippen molar-refractivity contribution in [1.82, 2.24) is 14.8 Å². The Labute approximate surface area is 207 Å². The maximum atomic E-state index is 14.3. The summed E-state index contributed by atoms with van der Waals surface area (Å²) in [5, 5.41) is 6.75. The van der Waals surface area contributed by atoms with E-state index in [1.807, 2.05) is 34.6 Å². The summed E-state index contributed by atoms with van der Waals surface area (Å²) in [4.78, 5) is 42.0. The molecule has 3 amide bonds. The number of hydrogen-bond acceptors (Lipinski definition) is 4. The number of benzene rings is 1. The molecule has 0 unspecified atom stereocenters. The highest BCUT2D eigenvalue weighted by Crippen LogP contribution is 2.42. The van der Waals surface area contributed by atoms with Crippen LogP contribution in [0.1, 0.15) is 76.7 Å². The van der Waals surface area contributed by atoms with Crippen LogP contribution in [-0.2, 0) is 16.1 Å². The minimum absolute atomic E-state index is 0.0106. The summed E-state index contributed by atoms with van der Waals surface area (Å²) in [7, 11) is 1.59. The van der Waals surface area contributed by atoms with Crippen molar-refractivity contribution >= 4 is 34.3 Å². The van der Waals surface area contributed by atoms with Gasteiger partial charge in [0.15, 0.2) is 0 Å². The lowest BCUT2D eigenvalue weighted by Gasteiger charge is -2.49. The van der Waals surface area contributed by atoms with E-state index < -0.39 is 5.54 Å². The molecule has 0 bridgehead atoms. The molecular formula is C27H38N4O4. The number of nitrogens with zero attached hydrogens (tertiary/aromatic N) is 2. The smallest absolute Gasteiger partial charge is 0.273 e. The Morgan fingerprint density at radius 3 is 2.54 bits per heavy atom. The van der Waals surface area contributed by atoms with Gasteiger partial charge < -0.3 is 24.8 Å². The van der Waals surface area contributed by atoms with Gasteiger partial charge in [0.05, 0.1) is 24.9 Å². The van der Waals surface area contributed by atoms with Gasteiger partial charge in [-0.1, -0.05) is 33.1 Å². The molecule has 8 nitrogen and oxygen atoms in total. The van der Waals surface area contributed by atoms with Crippen LogP contribution in [0, 0.1) is 5.92 Å². The Bertz CT molecular complexity index is 1130. The molecule has 1 aromatic heterocycles. The lowest BCUT2D eigenvalue weighted by Crippen LogP contribution is -2.67. The summed E-state index contributed by atoms with van der Waals surface area (Å²) < 4.78 is 7.33. The van der Waals surface area contributed by atoms with Crippen molar-refractivity contribution in [3.63, 3.8) is 0 Å². The largest absolute Gasteiger partial charge is 0.497 e. The number of rotatable bonds is 7. The van der Waals surface area contributed by atoms with E-state index in [-0.39, 0.29) is 23.8 Å². The van der Waals surface area contributed by atoms with Gasteiger partial charge in [-0.15, -0.1) is 0 Å². The molecule has 190 valence electrons. The average Bonchev–Trinajstić information content (AvgIpc) is 3.11. The Kier molecular flexibility index (Phi) is 7.10. The second-order valence-corrected chi connectivity index (χ2v) is 10.6. The van der Waals surface area contributed by atoms with Crippen LogP contribution in [0.2, 0.25) is 0 Å². The summed E-state index contributed by atoms with van der Waals surface area (Å²) >= 11 is 0. The molecule has 1 aromatic carbocycles. The van der Waals surface area contributed by atoms with E-state index in [2.05, 4.69) is 24.5 Å². The molecule has 0 saturated heterocycles. The molecule has 1 aliphatic carbocycles. The quantitative estimate of drug-likeness (QED) is 0.615. The van der Waals surface area contributed by atoms with Gasteiger partial charge in [0.1, 0.15) is 17.0 Å². The lowest BCUT2D eigenvalue weighted by molar-refractivity contribution is -0.134. The summed E-state index contributed by atoms with van der Waals surface area (Å²) in [6, 6.07) is 5.56. The second-order valence-electron chi connectivity index (χ2n) is 10.6. The molecular weight excluding hydrogens is 444 g/mol. The first-order valence-corrected chi connectivity index (χ1v) is 12.8. The van der Waals surface area contributed by atoms with E-state index in [0.29, 0.717) is 36.1 Å². The molecule has 1 atom stereocenters. The van der Waals surface area contributed by atoms with Crippen molar-refractivity contribution in [1.29, 1.82) is 0 Å². The van der Waals surface area contributed by atoms with Crippen LogP contribution in [0.4, 0.5) is 5.69 Å². The van der Waals surface area contributed by atoms with Crippen molar-refractivity contribution in [2.45, 2.75) is 84.3 Å². The summed E-state index contributed by atoms with van der Waals surface area (Å²) in [5.74, 6) is 0.529. The number of ether oxygens (including phenoxy) is 1. The first kappa shape index (κ1) is 25.1. The zero-order chi connectivity index (χ0) is 25.3. The number of carbonyl (C=O) groups excluding carboxylic acids is 3. The van der Waals surface area contributed by atoms with Gasteiger partial charge in [0, 0.05) is 24.9 Å². The first-order chi connectivity index (χ1) is 16.7. The topological polar surface area (TPSA) is 92.7 Å². The standard InChI is InChI=1S/C27H38N4O4/c1-17(2)13-14-28-26(34)27(4)16-30-22-12-11-20(35-5)15-21(22)23(29-18(3)32)24(30)25(33)31(27)19-9-7-6-8-10-19/h11-12,15,17,19H,6-10,13-14,16H2,1-5H3,(H,28,34)(H,29,32)/t27-/m0/s1. The Balaban J connectivity index is 1.86. The molecule has 1 aliphatic heterocycles. The van der Waals surface area contributed by atoms with E-state index in [1.165, 1.54) is 6.92 Å². The van der Waals surface area contributed by atoms with Crippen molar-refractivity contribution in [3.05, 3.63) is 23.9 Å². The highest BCUT2D eigenvalue weighted by molar-refractivity contribution is 6.14. The number of anilines is 1. The van der Waals surface area contributed by atoms with Crippen LogP contribution in [0.5, 0.6) is 5.75 Å². The van der Waals surface area contributed by atoms with Gasteiger partial charge in [0.2, 0.25) is 11.8 Å². The number of nitrogens with one attached hydrogen (secondary N) is 2. The molecule has 35 heavy (non-hydrogen) atoms. The molecule has 0 radical (unpaired) electrons. The van der Waals surface area contributed by atoms with Crippen LogP contribution in [0.25, 0.3) is 10.9 Å². The van der Waals surface area contributed by atoms with E-state index in [9.17, 15) is 14.4 Å². The maximum absolute atomic E-state index is 14.3. The molecule has 2 aromatic rings. The fourth-order valence-corrected chi connectivity index (χ4v) is 5.63. The van der Waals surface area contributed by atoms with Crippen LogP contribution in [0.15, 0.2) is 18.2 Å². The third-order valence-corrected chi connectivity index (χ3v) is 7.43. The number of aromatic nitrogens is 1. The number of carbonyl (C=O) groups is 3. The summed E-state index contributed by atoms with van der Waals surface area (Å²) in [6.07, 6.45) is 5.86. The average molecular weight is 483 g/mol. The molecule has 1 saturated carbocycles. The predicted molar refractivity (Wildman–Crippen MR) is 137 cm³/mol. The highest BCUT2D eigenvalue weighted by Gasteiger charge is 2.51. The summed E-state index contributed by atoms with van der Waals surface area (Å²) in [6.45, 7) is 8.48. The molecule has 2 aliphatic rings. The number of fused-ring (bicyclic) bond motifs is 3. The number of methoxy groups -OCH3 is 1. The van der Waals surface area contributed by atoms with Crippen molar-refractivity contribution in [2.75, 3.05) is 19.0 Å². The molecule has 2 N–H and O–H groups in total. The Morgan fingerprint density at radius 1 is 1.20 bits per heavy atom. The second kappa shape index (κ2) is 9.91. The minimum Gasteiger partial charge on any atom is -0.497 e. The lowest BCUT2D eigenvalue weighted by atomic mass is 9.86. The van der Waals surface area contributed by atoms with E-state index in [0.717, 1.165) is 49.4 Å². The van der Waals surface area contributed by atoms with Gasteiger partial charge in [-0.25, -0.2) is 0 Å². The van der Waals surface area contributed by atoms with E-state index in [4.69, 9.17) is 4.74 Å². The molecule has 1 fully saturated rings. The maximum Gasteiger partial charge on any atom is 0.273 e. The molecule has 0 spiro atoms. The van der Waals surface area contributed by atoms with Crippen LogP contribution >= 0.6 is 0 Å². The monoisotopic (exact) mass is 482 g/mol. The summed E-state index contributed by atoms with van der Waals surface area (Å²) in [5.41, 5.74) is 0.672. The van der Waals surface area contributed by atoms with Crippen LogP contribution in [-0.4, -0.2) is 52.4 Å². The van der Waals surface area contributed by atoms with E-state index in [1.54, 1.807) is 7.11 Å². The highest BCUT2D eigenvalue weighted by atomic mass is 16.5. The zero-order valence-electron chi connectivity index (χ0n) is 21.6. The van der Waals surface area contributed by atoms with Gasteiger partial charge in [0.25, 0.3) is 5.91 Å². The SMILES string of the molecule is COc1ccc2c(c1)c(NC(C)=O)c1n2C[C@@](C)(C(=O)NCCC(C)C)N(C2CCCCC2)C1=O. The van der Waals surface area contributed by atoms with E-state index >= 15 is 0 Å². The van der Waals surface area contributed by atoms with Gasteiger partial charge in [-0.2, -0.15) is 0 Å². The van der Waals surface area contributed by atoms with Gasteiger partial charge in [-0.3, -0.25) is 14.4 Å². The Morgan fingerprint density at radius 2 is 1.91 bits per heavy atom. The fraction of sp³-hybridized carbons (Fsp3) is 0.593. The number of hydrogen-bond donors (Lipinski definition) is 2. The van der Waals surface area contributed by atoms with Crippen molar-refractivity contribution in [3.8, 4) is 5.75 Å². The molecule has 2 heterocycles. The predicted octanol–water partition coefficient (Wildman–Crippen LogP) is 4.32. The fourth-order valence-electron chi connectivity index (χ4n) is 5.63. The Hall–Kier alpha value is -3.03. The van der Waals surface area contributed by atoms with Crippen LogP contribution in [0.3, 0.4) is 0 Å². The first-order valence-electron chi connectivity index (χ1n) is 12.8. The van der Waals surface area contributed by atoms with Crippen LogP contribution < -0.4 is 15.4 Å². The third-order valence-electron chi connectivity index (χ3n) is 7.43. The van der Waals surface area contributed by atoms with Crippen molar-refractivity contribution in [2.24, 2.45) is 5.92 Å². The number of amides is 3. The van der Waals surface area contributed by atoms with Crippen molar-refractivity contribution < 1.29 is 19.1 Å². The van der Waals surface area contributed by atoms with Gasteiger partial charge in [-0.05, 0) is 50.3 Å². The molecule has 8 heteroatoms. The zero-order valence-corrected chi connectivity index (χ0v) is 21.6. The van der Waals surface area contributed by atoms with Gasteiger partial charge >= 0.3 is 0 Å². The third kappa shape index (κ3) is 4.62.